The van der Waals surface area contributed by atoms with Crippen molar-refractivity contribution in [3.8, 4) is 0 Å². The molecule has 1 N–H and O–H groups in total. The minimum atomic E-state index is -1.18. The van der Waals surface area contributed by atoms with Gasteiger partial charge in [-0.1, -0.05) is 124 Å². The Labute approximate surface area is 270 Å². The Morgan fingerprint density at radius 3 is 2.04 bits per heavy atom. The molecule has 4 aromatic rings. The average molecular weight is 627 g/mol. The van der Waals surface area contributed by atoms with Crippen LogP contribution in [0.25, 0.3) is 0 Å². The lowest BCUT2D eigenvalue weighted by molar-refractivity contribution is -0.228. The van der Waals surface area contributed by atoms with Crippen molar-refractivity contribution in [2.75, 3.05) is 6.61 Å². The molecule has 1 heterocycles. The Morgan fingerprint density at radius 2 is 1.42 bits per heavy atom. The lowest BCUT2D eigenvalue weighted by Crippen LogP contribution is -2.59. The van der Waals surface area contributed by atoms with Crippen molar-refractivity contribution < 1.29 is 28.8 Å². The highest BCUT2D eigenvalue weighted by Gasteiger charge is 2.49. The van der Waals surface area contributed by atoms with Crippen LogP contribution in [-0.4, -0.2) is 47.5 Å². The molecule has 1 fully saturated rings. The predicted octanol–water partition coefficient (Wildman–Crippen LogP) is 7.50. The van der Waals surface area contributed by atoms with Gasteiger partial charge in [0.1, 0.15) is 23.7 Å². The Bertz CT molecular complexity index is 1510. The van der Waals surface area contributed by atoms with E-state index in [1.807, 2.05) is 73.7 Å². The number of aliphatic hydroxyl groups is 1. The largest absolute Gasteiger partial charge is 0.452 e. The van der Waals surface area contributed by atoms with Crippen LogP contribution in [0.5, 0.6) is 0 Å². The molecule has 1 aliphatic rings. The van der Waals surface area contributed by atoms with Gasteiger partial charge in [-0.2, -0.15) is 0 Å². The van der Waals surface area contributed by atoms with E-state index in [-0.39, 0.29) is 18.6 Å². The average Bonchev–Trinajstić information content (AvgIpc) is 3.04. The highest BCUT2D eigenvalue weighted by atomic mass is 32.2. The fraction of sp³-hybridized carbons (Fsp3) is 0.342. The first-order valence-corrected chi connectivity index (χ1v) is 16.2. The van der Waals surface area contributed by atoms with Crippen molar-refractivity contribution in [1.29, 1.82) is 0 Å². The van der Waals surface area contributed by atoms with Gasteiger partial charge in [0.2, 0.25) is 0 Å². The lowest BCUT2D eigenvalue weighted by atomic mass is 9.87. The second-order valence-electron chi connectivity index (χ2n) is 12.4. The molecule has 0 aromatic heterocycles. The van der Waals surface area contributed by atoms with Gasteiger partial charge in [0.15, 0.2) is 6.10 Å². The summed E-state index contributed by atoms with van der Waals surface area (Å²) in [5, 5.41) is 11.9. The van der Waals surface area contributed by atoms with Crippen LogP contribution in [0.1, 0.15) is 53.4 Å². The van der Waals surface area contributed by atoms with E-state index in [0.29, 0.717) is 12.2 Å². The maximum absolute atomic E-state index is 13.3. The summed E-state index contributed by atoms with van der Waals surface area (Å²) in [5.41, 5.74) is 3.86. The summed E-state index contributed by atoms with van der Waals surface area (Å²) in [6, 6.07) is 34.9. The zero-order chi connectivity index (χ0) is 31.8. The molecule has 7 heteroatoms. The highest BCUT2D eigenvalue weighted by molar-refractivity contribution is 7.99. The number of hydrogen-bond acceptors (Lipinski definition) is 7. The Hall–Kier alpha value is -3.46. The van der Waals surface area contributed by atoms with Crippen LogP contribution in [0.15, 0.2) is 114 Å². The third-order valence-corrected chi connectivity index (χ3v) is 9.15. The molecule has 5 atom stereocenters. The van der Waals surface area contributed by atoms with Crippen molar-refractivity contribution in [2.24, 2.45) is 0 Å². The van der Waals surface area contributed by atoms with Crippen LogP contribution >= 0.6 is 11.8 Å². The molecule has 236 valence electrons. The van der Waals surface area contributed by atoms with Crippen molar-refractivity contribution in [1.82, 2.24) is 0 Å². The highest BCUT2D eigenvalue weighted by Crippen LogP contribution is 2.39. The summed E-state index contributed by atoms with van der Waals surface area (Å²) in [5.74, 6) is -0.533. The Kier molecular flexibility index (Phi) is 11.1. The molecule has 0 radical (unpaired) electrons. The molecule has 1 saturated heterocycles. The molecular formula is C38H42O6S. The summed E-state index contributed by atoms with van der Waals surface area (Å²) < 4.78 is 25.2. The second kappa shape index (κ2) is 15.2. The molecular weight excluding hydrogens is 584 g/mol. The summed E-state index contributed by atoms with van der Waals surface area (Å²) in [7, 11) is 0. The molecule has 0 aliphatic carbocycles. The SMILES string of the molecule is Cc1ccc(C(C)(C)C)cc1S[C@@H]1O[C@H](COCc2ccccc2)[C@@H](OCc2ccccc2)[C@H](O)[C@H]1OC(=O)c1ccccc1. The van der Waals surface area contributed by atoms with E-state index in [9.17, 15) is 9.90 Å². The van der Waals surface area contributed by atoms with Crippen LogP contribution in [-0.2, 0) is 37.6 Å². The summed E-state index contributed by atoms with van der Waals surface area (Å²) >= 11 is 1.45. The Balaban J connectivity index is 1.44. The number of carbonyl (C=O) groups is 1. The van der Waals surface area contributed by atoms with Crippen molar-refractivity contribution in [3.05, 3.63) is 137 Å². The molecule has 4 aromatic carbocycles. The molecule has 5 rings (SSSR count). The van der Waals surface area contributed by atoms with E-state index in [2.05, 4.69) is 39.0 Å². The first-order chi connectivity index (χ1) is 21.7. The number of hydrogen-bond donors (Lipinski definition) is 1. The van der Waals surface area contributed by atoms with Gasteiger partial charge in [0.05, 0.1) is 25.4 Å². The first kappa shape index (κ1) is 32.9. The van der Waals surface area contributed by atoms with E-state index >= 15 is 0 Å². The lowest BCUT2D eigenvalue weighted by Gasteiger charge is -2.43. The fourth-order valence-corrected chi connectivity index (χ4v) is 6.42. The number of ether oxygens (including phenoxy) is 4. The fourth-order valence-electron chi connectivity index (χ4n) is 5.17. The zero-order valence-electron chi connectivity index (χ0n) is 26.3. The maximum Gasteiger partial charge on any atom is 0.338 e. The van der Waals surface area contributed by atoms with E-state index in [1.54, 1.807) is 24.3 Å². The van der Waals surface area contributed by atoms with Crippen LogP contribution in [0.4, 0.5) is 0 Å². The van der Waals surface area contributed by atoms with Gasteiger partial charge in [-0.25, -0.2) is 4.79 Å². The summed E-state index contributed by atoms with van der Waals surface area (Å²) in [6.45, 7) is 9.39. The molecule has 0 spiro atoms. The normalized spacial score (nSPS) is 21.8. The summed E-state index contributed by atoms with van der Waals surface area (Å²) in [6.07, 6.45) is -3.62. The van der Waals surface area contributed by atoms with Gasteiger partial charge in [-0.3, -0.25) is 0 Å². The number of thioether (sulfide) groups is 1. The van der Waals surface area contributed by atoms with Gasteiger partial charge in [-0.05, 0) is 52.8 Å². The quantitative estimate of drug-likeness (QED) is 0.173. The monoisotopic (exact) mass is 626 g/mol. The van der Waals surface area contributed by atoms with Gasteiger partial charge < -0.3 is 24.1 Å². The van der Waals surface area contributed by atoms with Gasteiger partial charge in [0.25, 0.3) is 0 Å². The van der Waals surface area contributed by atoms with Crippen molar-refractivity contribution >= 4 is 17.7 Å². The van der Waals surface area contributed by atoms with Crippen LogP contribution in [0.2, 0.25) is 0 Å². The first-order valence-electron chi connectivity index (χ1n) is 15.3. The van der Waals surface area contributed by atoms with Crippen LogP contribution < -0.4 is 0 Å². The molecule has 1 aliphatic heterocycles. The van der Waals surface area contributed by atoms with E-state index in [4.69, 9.17) is 18.9 Å². The van der Waals surface area contributed by atoms with Crippen molar-refractivity contribution in [3.63, 3.8) is 0 Å². The number of carbonyl (C=O) groups excluding carboxylic acids is 1. The molecule has 45 heavy (non-hydrogen) atoms. The number of benzene rings is 4. The van der Waals surface area contributed by atoms with E-state index in [0.717, 1.165) is 21.6 Å². The van der Waals surface area contributed by atoms with Crippen LogP contribution in [0, 0.1) is 6.92 Å². The van der Waals surface area contributed by atoms with E-state index < -0.39 is 35.8 Å². The van der Waals surface area contributed by atoms with Crippen LogP contribution in [0.3, 0.4) is 0 Å². The molecule has 0 unspecified atom stereocenters. The number of esters is 1. The second-order valence-corrected chi connectivity index (χ2v) is 13.5. The minimum Gasteiger partial charge on any atom is -0.452 e. The minimum absolute atomic E-state index is 0.0562. The molecule has 6 nitrogen and oxygen atoms in total. The maximum atomic E-state index is 13.3. The standard InChI is InChI=1S/C38H42O6S/c1-26-20-21-30(38(2,3)4)22-32(26)45-37-35(44-36(40)29-18-12-7-13-19-29)33(39)34(42-24-28-16-10-6-11-17-28)31(43-37)25-41-23-27-14-8-5-9-15-27/h5-22,31,33-35,37,39H,23-25H2,1-4H3/t31-,33+,34-,35-,37+/m1/s1. The predicted molar refractivity (Wildman–Crippen MR) is 177 cm³/mol. The van der Waals surface area contributed by atoms with Gasteiger partial charge in [0, 0.05) is 4.90 Å². The Morgan fingerprint density at radius 1 is 0.822 bits per heavy atom. The molecule has 0 amide bonds. The third-order valence-electron chi connectivity index (χ3n) is 7.85. The number of rotatable bonds is 11. The topological polar surface area (TPSA) is 74.2 Å². The zero-order valence-corrected chi connectivity index (χ0v) is 27.1. The van der Waals surface area contributed by atoms with Crippen molar-refractivity contribution in [2.45, 2.75) is 81.1 Å². The number of aryl methyl sites for hydroxylation is 1. The smallest absolute Gasteiger partial charge is 0.338 e. The molecule has 0 bridgehead atoms. The third kappa shape index (κ3) is 8.84. The van der Waals surface area contributed by atoms with Gasteiger partial charge in [-0.15, -0.1) is 0 Å². The molecule has 0 saturated carbocycles. The number of aliphatic hydroxyl groups excluding tert-OH is 1. The summed E-state index contributed by atoms with van der Waals surface area (Å²) in [4.78, 5) is 14.3. The van der Waals surface area contributed by atoms with E-state index in [1.165, 1.54) is 17.3 Å². The van der Waals surface area contributed by atoms with Gasteiger partial charge >= 0.3 is 5.97 Å².